The van der Waals surface area contributed by atoms with Crippen molar-refractivity contribution in [1.29, 1.82) is 0 Å². The average Bonchev–Trinajstić information content (AvgIpc) is 3.31. The molecule has 2 aliphatic rings. The Kier molecular flexibility index (Phi) is 5.35. The van der Waals surface area contributed by atoms with Crippen molar-refractivity contribution in [1.82, 2.24) is 4.98 Å². The third-order valence-corrected chi connectivity index (χ3v) is 6.51. The fraction of sp³-hybridized carbons (Fsp3) is 0.160. The SMILES string of the molecule is CC1Cc2cc(/C(O)=C3\C(=O)C(=O)N(c4ccccn4)C3c3ccc(Cl)c(Cl)c3)ccc2O1. The number of aliphatic hydroxyl groups excluding tert-OH is 1. The summed E-state index contributed by atoms with van der Waals surface area (Å²) in [6, 6.07) is 14.2. The van der Waals surface area contributed by atoms with Gasteiger partial charge in [-0.2, -0.15) is 0 Å². The number of Topliss-reactive ketones (excluding diaryl/α,β-unsaturated/α-hetero) is 1. The maximum Gasteiger partial charge on any atom is 0.301 e. The van der Waals surface area contributed by atoms with Gasteiger partial charge in [0.1, 0.15) is 23.4 Å². The first kappa shape index (κ1) is 21.5. The summed E-state index contributed by atoms with van der Waals surface area (Å²) in [7, 11) is 0. The largest absolute Gasteiger partial charge is 0.507 e. The van der Waals surface area contributed by atoms with Crippen molar-refractivity contribution >= 4 is 46.5 Å². The zero-order chi connectivity index (χ0) is 23.3. The van der Waals surface area contributed by atoms with Gasteiger partial charge in [-0.3, -0.25) is 14.5 Å². The molecule has 2 unspecified atom stereocenters. The molecule has 3 aromatic rings. The summed E-state index contributed by atoms with van der Waals surface area (Å²) >= 11 is 12.3. The molecule has 1 fully saturated rings. The van der Waals surface area contributed by atoms with E-state index in [1.54, 1.807) is 54.6 Å². The van der Waals surface area contributed by atoms with E-state index in [9.17, 15) is 14.7 Å². The fourth-order valence-electron chi connectivity index (χ4n) is 4.29. The minimum atomic E-state index is -0.932. The second-order valence-corrected chi connectivity index (χ2v) is 8.80. The van der Waals surface area contributed by atoms with Crippen molar-refractivity contribution in [2.24, 2.45) is 0 Å². The molecule has 0 radical (unpaired) electrons. The lowest BCUT2D eigenvalue weighted by molar-refractivity contribution is -0.132. The molecule has 0 spiro atoms. The van der Waals surface area contributed by atoms with E-state index in [2.05, 4.69) is 4.98 Å². The first-order chi connectivity index (χ1) is 15.8. The highest BCUT2D eigenvalue weighted by atomic mass is 35.5. The molecule has 6 nitrogen and oxygen atoms in total. The molecular formula is C25H18Cl2N2O4. The lowest BCUT2D eigenvalue weighted by atomic mass is 9.94. The van der Waals surface area contributed by atoms with Crippen LogP contribution in [0.25, 0.3) is 5.76 Å². The number of aliphatic hydroxyl groups is 1. The third kappa shape index (κ3) is 3.65. The molecule has 2 aromatic carbocycles. The summed E-state index contributed by atoms with van der Waals surface area (Å²) in [4.78, 5) is 31.9. The van der Waals surface area contributed by atoms with E-state index in [-0.39, 0.29) is 28.3 Å². The lowest BCUT2D eigenvalue weighted by Gasteiger charge is -2.24. The fourth-order valence-corrected chi connectivity index (χ4v) is 4.59. The number of pyridine rings is 1. The van der Waals surface area contributed by atoms with Crippen molar-refractivity contribution in [2.45, 2.75) is 25.5 Å². The van der Waals surface area contributed by atoms with Crippen molar-refractivity contribution in [2.75, 3.05) is 4.90 Å². The van der Waals surface area contributed by atoms with Crippen molar-refractivity contribution in [3.05, 3.63) is 93.1 Å². The molecule has 8 heteroatoms. The van der Waals surface area contributed by atoms with Gasteiger partial charge in [-0.15, -0.1) is 0 Å². The Hall–Kier alpha value is -3.35. The third-order valence-electron chi connectivity index (χ3n) is 5.77. The number of anilines is 1. The number of hydrogen-bond donors (Lipinski definition) is 1. The van der Waals surface area contributed by atoms with Gasteiger partial charge in [-0.1, -0.05) is 35.3 Å². The number of halogens is 2. The molecule has 5 rings (SSSR count). The number of carbonyl (C=O) groups excluding carboxylic acids is 2. The highest BCUT2D eigenvalue weighted by Gasteiger charge is 2.47. The predicted molar refractivity (Wildman–Crippen MR) is 126 cm³/mol. The van der Waals surface area contributed by atoms with Gasteiger partial charge in [-0.25, -0.2) is 4.98 Å². The summed E-state index contributed by atoms with van der Waals surface area (Å²) < 4.78 is 5.73. The zero-order valence-corrected chi connectivity index (χ0v) is 19.0. The molecule has 166 valence electrons. The molecule has 1 aromatic heterocycles. The number of nitrogens with zero attached hydrogens (tertiary/aromatic N) is 2. The van der Waals surface area contributed by atoms with Crippen LogP contribution in [0.1, 0.15) is 29.7 Å². The second kappa shape index (κ2) is 8.21. The standard InChI is InChI=1S/C25H18Cl2N2O4/c1-13-10-16-11-15(6-8-19(16)33-13)23(30)21-22(14-5-7-17(26)18(27)12-14)29(25(32)24(21)31)20-4-2-3-9-28-20/h2-9,11-13,22,30H,10H2,1H3/b23-21+. The smallest absolute Gasteiger partial charge is 0.301 e. The normalized spacial score (nSPS) is 21.2. The minimum absolute atomic E-state index is 0.0309. The summed E-state index contributed by atoms with van der Waals surface area (Å²) in [5, 5.41) is 11.9. The monoisotopic (exact) mass is 480 g/mol. The van der Waals surface area contributed by atoms with Gasteiger partial charge in [0.2, 0.25) is 0 Å². The number of ketones is 1. The average molecular weight is 481 g/mol. The summed E-state index contributed by atoms with van der Waals surface area (Å²) in [6.45, 7) is 1.96. The van der Waals surface area contributed by atoms with Crippen molar-refractivity contribution in [3.63, 3.8) is 0 Å². The topological polar surface area (TPSA) is 79.7 Å². The van der Waals surface area contributed by atoms with Crippen LogP contribution in [0.2, 0.25) is 10.0 Å². The van der Waals surface area contributed by atoms with E-state index in [0.717, 1.165) is 11.3 Å². The maximum atomic E-state index is 13.2. The van der Waals surface area contributed by atoms with Crippen LogP contribution >= 0.6 is 23.2 Å². The van der Waals surface area contributed by atoms with Gasteiger partial charge in [0.15, 0.2) is 0 Å². The first-order valence-corrected chi connectivity index (χ1v) is 11.1. The molecule has 0 aliphatic carbocycles. The molecule has 0 bridgehead atoms. The highest BCUT2D eigenvalue weighted by molar-refractivity contribution is 6.51. The summed E-state index contributed by atoms with van der Waals surface area (Å²) in [5.74, 6) is -0.839. The number of amides is 1. The Morgan fingerprint density at radius 2 is 1.91 bits per heavy atom. The van der Waals surface area contributed by atoms with E-state index >= 15 is 0 Å². The number of ether oxygens (including phenoxy) is 1. The molecule has 1 saturated heterocycles. The summed E-state index contributed by atoms with van der Waals surface area (Å²) in [6.07, 6.45) is 2.25. The van der Waals surface area contributed by atoms with Gasteiger partial charge in [0.25, 0.3) is 5.78 Å². The van der Waals surface area contributed by atoms with E-state index in [0.29, 0.717) is 22.6 Å². The van der Waals surface area contributed by atoms with Gasteiger partial charge < -0.3 is 9.84 Å². The Bertz CT molecular complexity index is 1320. The van der Waals surface area contributed by atoms with Gasteiger partial charge >= 0.3 is 5.91 Å². The Labute approximate surface area is 200 Å². The number of benzene rings is 2. The van der Waals surface area contributed by atoms with Crippen LogP contribution in [0.5, 0.6) is 5.75 Å². The summed E-state index contributed by atoms with van der Waals surface area (Å²) in [5.41, 5.74) is 1.83. The van der Waals surface area contributed by atoms with Crippen LogP contribution in [0.15, 0.2) is 66.4 Å². The Morgan fingerprint density at radius 3 is 2.64 bits per heavy atom. The number of fused-ring (bicyclic) bond motifs is 1. The number of carbonyl (C=O) groups is 2. The molecule has 0 saturated carbocycles. The number of hydrogen-bond acceptors (Lipinski definition) is 5. The minimum Gasteiger partial charge on any atom is -0.507 e. The Balaban J connectivity index is 1.70. The number of rotatable bonds is 3. The second-order valence-electron chi connectivity index (χ2n) is 7.99. The van der Waals surface area contributed by atoms with E-state index in [1.165, 1.54) is 11.1 Å². The molecule has 33 heavy (non-hydrogen) atoms. The lowest BCUT2D eigenvalue weighted by Crippen LogP contribution is -2.30. The molecule has 2 atom stereocenters. The van der Waals surface area contributed by atoms with Crippen molar-refractivity contribution < 1.29 is 19.4 Å². The molecule has 2 aliphatic heterocycles. The quantitative estimate of drug-likeness (QED) is 0.311. The van der Waals surface area contributed by atoms with E-state index < -0.39 is 17.7 Å². The van der Waals surface area contributed by atoms with Gasteiger partial charge in [-0.05, 0) is 60.5 Å². The maximum absolute atomic E-state index is 13.2. The number of aromatic nitrogens is 1. The van der Waals surface area contributed by atoms with Gasteiger partial charge in [0.05, 0.1) is 21.7 Å². The van der Waals surface area contributed by atoms with Crippen molar-refractivity contribution in [3.8, 4) is 5.75 Å². The van der Waals surface area contributed by atoms with E-state index in [1.807, 2.05) is 6.92 Å². The molecular weight excluding hydrogens is 463 g/mol. The van der Waals surface area contributed by atoms with Crippen LogP contribution in [0.3, 0.4) is 0 Å². The Morgan fingerprint density at radius 1 is 1.09 bits per heavy atom. The van der Waals surface area contributed by atoms with Crippen LogP contribution in [0.4, 0.5) is 5.82 Å². The van der Waals surface area contributed by atoms with Crippen LogP contribution in [-0.4, -0.2) is 27.9 Å². The van der Waals surface area contributed by atoms with E-state index in [4.69, 9.17) is 27.9 Å². The first-order valence-electron chi connectivity index (χ1n) is 10.3. The molecule has 3 heterocycles. The zero-order valence-electron chi connectivity index (χ0n) is 17.5. The van der Waals surface area contributed by atoms with Crippen LogP contribution < -0.4 is 9.64 Å². The predicted octanol–water partition coefficient (Wildman–Crippen LogP) is 5.34. The van der Waals surface area contributed by atoms with Gasteiger partial charge in [0, 0.05) is 18.2 Å². The molecule has 1 N–H and O–H groups in total. The molecule has 1 amide bonds. The van der Waals surface area contributed by atoms with Crippen LogP contribution in [0, 0.1) is 0 Å². The highest BCUT2D eigenvalue weighted by Crippen LogP contribution is 2.43. The van der Waals surface area contributed by atoms with Crippen LogP contribution in [-0.2, 0) is 16.0 Å².